The van der Waals surface area contributed by atoms with Gasteiger partial charge in [0, 0.05) is 17.9 Å². The zero-order valence-corrected chi connectivity index (χ0v) is 9.62. The third-order valence-corrected chi connectivity index (χ3v) is 2.38. The van der Waals surface area contributed by atoms with Crippen LogP contribution in [0.3, 0.4) is 0 Å². The van der Waals surface area contributed by atoms with E-state index in [4.69, 9.17) is 5.11 Å². The van der Waals surface area contributed by atoms with Crippen LogP contribution in [0.2, 0.25) is 0 Å². The van der Waals surface area contributed by atoms with E-state index in [1.165, 1.54) is 12.1 Å². The number of hydrogen-bond donors (Lipinski definition) is 3. The fourth-order valence-corrected chi connectivity index (χ4v) is 1.36. The number of carbonyl (C=O) groups is 1. The summed E-state index contributed by atoms with van der Waals surface area (Å²) >= 11 is 3.25. The monoisotopic (exact) mass is 273 g/mol. The molecule has 0 aliphatic rings. The Morgan fingerprint density at radius 2 is 2.13 bits per heavy atom. The Morgan fingerprint density at radius 1 is 1.40 bits per heavy atom. The van der Waals surface area contributed by atoms with Gasteiger partial charge < -0.3 is 15.5 Å². The minimum atomic E-state index is -0.339. The van der Waals surface area contributed by atoms with Crippen LogP contribution in [0.4, 0.5) is 0 Å². The first-order valence-corrected chi connectivity index (χ1v) is 5.63. The van der Waals surface area contributed by atoms with Crippen molar-refractivity contribution in [3.63, 3.8) is 0 Å². The maximum absolute atomic E-state index is 11.5. The summed E-state index contributed by atoms with van der Waals surface area (Å²) in [6, 6.07) is 3.88. The number of aromatic hydroxyl groups is 2. The summed E-state index contributed by atoms with van der Waals surface area (Å²) in [5.41, 5.74) is 0.169. The first-order chi connectivity index (χ1) is 7.15. The first kappa shape index (κ1) is 11.8. The molecule has 0 unspecified atom stereocenters. The molecule has 1 rings (SSSR count). The number of alkyl halides is 1. The molecule has 0 atom stereocenters. The van der Waals surface area contributed by atoms with E-state index in [2.05, 4.69) is 21.2 Å². The SMILES string of the molecule is O=C(NCCCBr)c1ccc(O)cc1O. The number of amides is 1. The van der Waals surface area contributed by atoms with Gasteiger partial charge in [-0.3, -0.25) is 4.79 Å². The molecule has 0 spiro atoms. The lowest BCUT2D eigenvalue weighted by Crippen LogP contribution is -2.24. The van der Waals surface area contributed by atoms with E-state index in [0.717, 1.165) is 17.8 Å². The molecule has 0 radical (unpaired) electrons. The number of phenolic OH excluding ortho intramolecular Hbond substituents is 2. The standard InChI is InChI=1S/C10H12BrNO3/c11-4-1-5-12-10(15)8-3-2-7(13)6-9(8)14/h2-3,6,13-14H,1,4-5H2,(H,12,15). The molecule has 1 aromatic carbocycles. The Bertz CT molecular complexity index is 355. The Labute approximate surface area is 96.1 Å². The summed E-state index contributed by atoms with van der Waals surface area (Å²) in [4.78, 5) is 11.5. The van der Waals surface area contributed by atoms with E-state index < -0.39 is 0 Å². The molecule has 0 aromatic heterocycles. The molecule has 0 aliphatic heterocycles. The summed E-state index contributed by atoms with van der Waals surface area (Å²) in [7, 11) is 0. The molecular weight excluding hydrogens is 262 g/mol. The Morgan fingerprint density at radius 3 is 2.73 bits per heavy atom. The van der Waals surface area contributed by atoms with E-state index in [0.29, 0.717) is 6.54 Å². The highest BCUT2D eigenvalue weighted by molar-refractivity contribution is 9.09. The smallest absolute Gasteiger partial charge is 0.255 e. The highest BCUT2D eigenvalue weighted by Gasteiger charge is 2.10. The number of benzene rings is 1. The minimum Gasteiger partial charge on any atom is -0.508 e. The molecule has 0 aliphatic carbocycles. The van der Waals surface area contributed by atoms with E-state index in [-0.39, 0.29) is 23.0 Å². The van der Waals surface area contributed by atoms with Gasteiger partial charge in [0.15, 0.2) is 0 Å². The fourth-order valence-electron chi connectivity index (χ4n) is 1.08. The highest BCUT2D eigenvalue weighted by atomic mass is 79.9. The van der Waals surface area contributed by atoms with E-state index in [1.807, 2.05) is 0 Å². The van der Waals surface area contributed by atoms with Crippen LogP contribution in [0.1, 0.15) is 16.8 Å². The predicted octanol–water partition coefficient (Wildman–Crippen LogP) is 1.61. The number of phenols is 2. The van der Waals surface area contributed by atoms with Crippen LogP contribution >= 0.6 is 15.9 Å². The second-order valence-corrected chi connectivity index (χ2v) is 3.79. The maximum atomic E-state index is 11.5. The van der Waals surface area contributed by atoms with E-state index >= 15 is 0 Å². The summed E-state index contributed by atoms with van der Waals surface area (Å²) < 4.78 is 0. The molecule has 0 saturated carbocycles. The van der Waals surface area contributed by atoms with Crippen molar-refractivity contribution in [1.82, 2.24) is 5.32 Å². The quantitative estimate of drug-likeness (QED) is 0.577. The Balaban J connectivity index is 2.65. The number of carbonyl (C=O) groups excluding carboxylic acids is 1. The van der Waals surface area contributed by atoms with Crippen LogP contribution in [-0.2, 0) is 0 Å². The average Bonchev–Trinajstić information content (AvgIpc) is 2.17. The zero-order chi connectivity index (χ0) is 11.3. The summed E-state index contributed by atoms with van der Waals surface area (Å²) in [5, 5.41) is 21.9. The lowest BCUT2D eigenvalue weighted by atomic mass is 10.2. The summed E-state index contributed by atoms with van der Waals surface area (Å²) in [6.45, 7) is 0.546. The van der Waals surface area contributed by atoms with Gasteiger partial charge in [0.25, 0.3) is 5.91 Å². The normalized spacial score (nSPS) is 9.93. The van der Waals surface area contributed by atoms with Crippen LogP contribution in [0.25, 0.3) is 0 Å². The van der Waals surface area contributed by atoms with Gasteiger partial charge in [-0.15, -0.1) is 0 Å². The molecule has 5 heteroatoms. The van der Waals surface area contributed by atoms with Gasteiger partial charge in [-0.1, -0.05) is 15.9 Å². The molecule has 15 heavy (non-hydrogen) atoms. The van der Waals surface area contributed by atoms with Crippen molar-refractivity contribution >= 4 is 21.8 Å². The summed E-state index contributed by atoms with van der Waals surface area (Å²) in [6.07, 6.45) is 0.824. The number of rotatable bonds is 4. The third kappa shape index (κ3) is 3.43. The molecule has 1 amide bonds. The van der Waals surface area contributed by atoms with Crippen LogP contribution in [0.5, 0.6) is 11.5 Å². The molecule has 0 heterocycles. The van der Waals surface area contributed by atoms with Gasteiger partial charge in [-0.2, -0.15) is 0 Å². The second-order valence-electron chi connectivity index (χ2n) is 3.00. The lowest BCUT2D eigenvalue weighted by molar-refractivity contribution is 0.0951. The van der Waals surface area contributed by atoms with Crippen LogP contribution in [-0.4, -0.2) is 28.0 Å². The number of nitrogens with one attached hydrogen (secondary N) is 1. The lowest BCUT2D eigenvalue weighted by Gasteiger charge is -2.05. The van der Waals surface area contributed by atoms with Gasteiger partial charge in [0.2, 0.25) is 0 Å². The van der Waals surface area contributed by atoms with Crippen molar-refractivity contribution in [1.29, 1.82) is 0 Å². The van der Waals surface area contributed by atoms with E-state index in [1.54, 1.807) is 0 Å². The molecule has 0 fully saturated rings. The molecule has 3 N–H and O–H groups in total. The average molecular weight is 274 g/mol. The van der Waals surface area contributed by atoms with Crippen molar-refractivity contribution in [3.8, 4) is 11.5 Å². The van der Waals surface area contributed by atoms with Crippen molar-refractivity contribution in [3.05, 3.63) is 23.8 Å². The van der Waals surface area contributed by atoms with Gasteiger partial charge in [0.05, 0.1) is 5.56 Å². The van der Waals surface area contributed by atoms with E-state index in [9.17, 15) is 9.90 Å². The van der Waals surface area contributed by atoms with Gasteiger partial charge in [-0.05, 0) is 18.6 Å². The molecule has 82 valence electrons. The molecule has 0 bridgehead atoms. The van der Waals surface area contributed by atoms with Crippen LogP contribution < -0.4 is 5.32 Å². The molecular formula is C10H12BrNO3. The van der Waals surface area contributed by atoms with Crippen molar-refractivity contribution in [2.75, 3.05) is 11.9 Å². The van der Waals surface area contributed by atoms with Gasteiger partial charge in [0.1, 0.15) is 11.5 Å². The molecule has 1 aromatic rings. The van der Waals surface area contributed by atoms with Crippen molar-refractivity contribution < 1.29 is 15.0 Å². The highest BCUT2D eigenvalue weighted by Crippen LogP contribution is 2.22. The minimum absolute atomic E-state index is 0.0653. The van der Waals surface area contributed by atoms with Gasteiger partial charge >= 0.3 is 0 Å². The maximum Gasteiger partial charge on any atom is 0.255 e. The number of halogens is 1. The van der Waals surface area contributed by atoms with Crippen LogP contribution in [0.15, 0.2) is 18.2 Å². The molecule has 0 saturated heterocycles. The summed E-state index contributed by atoms with van der Waals surface area (Å²) in [5.74, 6) is -0.621. The Hall–Kier alpha value is -1.23. The topological polar surface area (TPSA) is 69.6 Å². The largest absolute Gasteiger partial charge is 0.508 e. The number of hydrogen-bond acceptors (Lipinski definition) is 3. The van der Waals surface area contributed by atoms with Crippen LogP contribution in [0, 0.1) is 0 Å². The Kier molecular flexibility index (Phi) is 4.42. The fraction of sp³-hybridized carbons (Fsp3) is 0.300. The van der Waals surface area contributed by atoms with Crippen molar-refractivity contribution in [2.45, 2.75) is 6.42 Å². The third-order valence-electron chi connectivity index (χ3n) is 1.82. The second kappa shape index (κ2) is 5.60. The zero-order valence-electron chi connectivity index (χ0n) is 8.03. The molecule has 4 nitrogen and oxygen atoms in total. The van der Waals surface area contributed by atoms with Gasteiger partial charge in [-0.25, -0.2) is 0 Å². The van der Waals surface area contributed by atoms with Crippen molar-refractivity contribution in [2.24, 2.45) is 0 Å². The predicted molar refractivity (Wildman–Crippen MR) is 60.5 cm³/mol. The first-order valence-electron chi connectivity index (χ1n) is 4.51.